The van der Waals surface area contributed by atoms with E-state index < -0.39 is 0 Å². The van der Waals surface area contributed by atoms with Crippen LogP contribution in [0.15, 0.2) is 42.5 Å². The van der Waals surface area contributed by atoms with E-state index in [1.54, 1.807) is 6.07 Å². The first-order valence-electron chi connectivity index (χ1n) is 8.95. The average Bonchev–Trinajstić information content (AvgIpc) is 2.69. The van der Waals surface area contributed by atoms with E-state index in [-0.39, 0.29) is 5.91 Å². The molecule has 6 heteroatoms. The van der Waals surface area contributed by atoms with E-state index in [0.29, 0.717) is 12.2 Å². The molecule has 2 heterocycles. The SMILES string of the molecule is CCCCNC(=O)c1ccc(N2CCN(c3ccccc3)CC2)nn1. The van der Waals surface area contributed by atoms with Gasteiger partial charge in [-0.2, -0.15) is 0 Å². The van der Waals surface area contributed by atoms with E-state index in [2.05, 4.69) is 56.5 Å². The molecule has 25 heavy (non-hydrogen) atoms. The Bertz CT molecular complexity index is 666. The summed E-state index contributed by atoms with van der Waals surface area (Å²) >= 11 is 0. The molecule has 0 radical (unpaired) electrons. The molecule has 6 nitrogen and oxygen atoms in total. The smallest absolute Gasteiger partial charge is 0.271 e. The molecule has 1 aromatic carbocycles. The Labute approximate surface area is 148 Å². The van der Waals surface area contributed by atoms with Gasteiger partial charge in [0, 0.05) is 38.4 Å². The van der Waals surface area contributed by atoms with Crippen molar-refractivity contribution in [1.82, 2.24) is 15.5 Å². The summed E-state index contributed by atoms with van der Waals surface area (Å²) in [7, 11) is 0. The molecule has 1 N–H and O–H groups in total. The Kier molecular flexibility index (Phi) is 5.82. The third-order valence-corrected chi connectivity index (χ3v) is 4.42. The van der Waals surface area contributed by atoms with E-state index in [0.717, 1.165) is 44.8 Å². The van der Waals surface area contributed by atoms with Crippen LogP contribution in [0.5, 0.6) is 0 Å². The quantitative estimate of drug-likeness (QED) is 0.819. The third kappa shape index (κ3) is 4.47. The summed E-state index contributed by atoms with van der Waals surface area (Å²) in [5, 5.41) is 11.2. The van der Waals surface area contributed by atoms with Crippen LogP contribution in [-0.2, 0) is 0 Å². The number of para-hydroxylation sites is 1. The summed E-state index contributed by atoms with van der Waals surface area (Å²) in [6, 6.07) is 14.1. The molecular weight excluding hydrogens is 314 g/mol. The Hall–Kier alpha value is -2.63. The van der Waals surface area contributed by atoms with Crippen molar-refractivity contribution >= 4 is 17.4 Å². The number of unbranched alkanes of at least 4 members (excludes halogenated alkanes) is 1. The fourth-order valence-electron chi connectivity index (χ4n) is 2.92. The lowest BCUT2D eigenvalue weighted by atomic mass is 10.2. The zero-order chi connectivity index (χ0) is 17.5. The fourth-order valence-corrected chi connectivity index (χ4v) is 2.92. The molecule has 0 bridgehead atoms. The van der Waals surface area contributed by atoms with Gasteiger partial charge in [0.1, 0.15) is 0 Å². The van der Waals surface area contributed by atoms with Gasteiger partial charge in [-0.05, 0) is 30.7 Å². The van der Waals surface area contributed by atoms with Crippen molar-refractivity contribution in [3.8, 4) is 0 Å². The number of aromatic nitrogens is 2. The lowest BCUT2D eigenvalue weighted by Crippen LogP contribution is -2.46. The minimum Gasteiger partial charge on any atom is -0.368 e. The highest BCUT2D eigenvalue weighted by molar-refractivity contribution is 5.92. The number of hydrogen-bond acceptors (Lipinski definition) is 5. The molecule has 0 atom stereocenters. The van der Waals surface area contributed by atoms with Crippen molar-refractivity contribution in [2.75, 3.05) is 42.5 Å². The summed E-state index contributed by atoms with van der Waals surface area (Å²) in [6.45, 7) is 6.46. The topological polar surface area (TPSA) is 61.4 Å². The second kappa shape index (κ2) is 8.46. The maximum absolute atomic E-state index is 12.0. The van der Waals surface area contributed by atoms with Gasteiger partial charge >= 0.3 is 0 Å². The maximum atomic E-state index is 12.0. The van der Waals surface area contributed by atoms with E-state index in [1.807, 2.05) is 12.1 Å². The molecule has 1 saturated heterocycles. The van der Waals surface area contributed by atoms with Crippen LogP contribution in [0.2, 0.25) is 0 Å². The summed E-state index contributed by atoms with van der Waals surface area (Å²) in [4.78, 5) is 16.6. The summed E-state index contributed by atoms with van der Waals surface area (Å²) in [6.07, 6.45) is 2.03. The number of carbonyl (C=O) groups is 1. The first kappa shape index (κ1) is 17.2. The molecule has 0 aliphatic carbocycles. The minimum atomic E-state index is -0.151. The highest BCUT2D eigenvalue weighted by atomic mass is 16.1. The van der Waals surface area contributed by atoms with Gasteiger partial charge in [-0.1, -0.05) is 31.5 Å². The number of piperazine rings is 1. The van der Waals surface area contributed by atoms with Crippen molar-refractivity contribution < 1.29 is 4.79 Å². The molecule has 3 rings (SSSR count). The summed E-state index contributed by atoms with van der Waals surface area (Å²) in [5.41, 5.74) is 1.63. The number of amides is 1. The summed E-state index contributed by atoms with van der Waals surface area (Å²) in [5.74, 6) is 0.680. The Balaban J connectivity index is 1.54. The van der Waals surface area contributed by atoms with Gasteiger partial charge in [-0.25, -0.2) is 0 Å². The molecule has 0 unspecified atom stereocenters. The normalized spacial score (nSPS) is 14.4. The molecule has 132 valence electrons. The largest absolute Gasteiger partial charge is 0.368 e. The van der Waals surface area contributed by atoms with Crippen molar-refractivity contribution in [2.24, 2.45) is 0 Å². The highest BCUT2D eigenvalue weighted by Gasteiger charge is 2.19. The second-order valence-corrected chi connectivity index (χ2v) is 6.20. The van der Waals surface area contributed by atoms with Crippen LogP contribution in [0, 0.1) is 0 Å². The lowest BCUT2D eigenvalue weighted by Gasteiger charge is -2.36. The molecule has 1 aromatic heterocycles. The van der Waals surface area contributed by atoms with Gasteiger partial charge in [0.05, 0.1) is 0 Å². The predicted octanol–water partition coefficient (Wildman–Crippen LogP) is 2.33. The average molecular weight is 339 g/mol. The van der Waals surface area contributed by atoms with Gasteiger partial charge in [0.2, 0.25) is 0 Å². The van der Waals surface area contributed by atoms with Gasteiger partial charge in [-0.15, -0.1) is 10.2 Å². The van der Waals surface area contributed by atoms with Gasteiger partial charge < -0.3 is 15.1 Å². The van der Waals surface area contributed by atoms with Crippen LogP contribution in [0.3, 0.4) is 0 Å². The van der Waals surface area contributed by atoms with Crippen molar-refractivity contribution in [2.45, 2.75) is 19.8 Å². The van der Waals surface area contributed by atoms with Crippen molar-refractivity contribution in [1.29, 1.82) is 0 Å². The Morgan fingerprint density at radius 3 is 2.36 bits per heavy atom. The highest BCUT2D eigenvalue weighted by Crippen LogP contribution is 2.18. The van der Waals surface area contributed by atoms with Gasteiger partial charge in [-0.3, -0.25) is 4.79 Å². The second-order valence-electron chi connectivity index (χ2n) is 6.20. The van der Waals surface area contributed by atoms with Crippen molar-refractivity contribution in [3.63, 3.8) is 0 Å². The molecule has 1 aliphatic rings. The fraction of sp³-hybridized carbons (Fsp3) is 0.421. The molecule has 1 aliphatic heterocycles. The standard InChI is InChI=1S/C19H25N5O/c1-2-3-11-20-19(25)17-9-10-18(22-21-17)24-14-12-23(13-15-24)16-7-5-4-6-8-16/h4-10H,2-3,11-15H2,1H3,(H,20,25). The van der Waals surface area contributed by atoms with Crippen molar-refractivity contribution in [3.05, 3.63) is 48.2 Å². The number of benzene rings is 1. The molecule has 1 amide bonds. The monoisotopic (exact) mass is 339 g/mol. The minimum absolute atomic E-state index is 0.151. The Morgan fingerprint density at radius 1 is 1.00 bits per heavy atom. The molecular formula is C19H25N5O. The number of anilines is 2. The number of carbonyl (C=O) groups excluding carboxylic acids is 1. The van der Waals surface area contributed by atoms with Crippen LogP contribution < -0.4 is 15.1 Å². The van der Waals surface area contributed by atoms with Crippen LogP contribution in [0.25, 0.3) is 0 Å². The van der Waals surface area contributed by atoms with Crippen LogP contribution in [-0.4, -0.2) is 48.8 Å². The summed E-state index contributed by atoms with van der Waals surface area (Å²) < 4.78 is 0. The molecule has 1 fully saturated rings. The molecule has 0 spiro atoms. The van der Waals surface area contributed by atoms with Gasteiger partial charge in [0.15, 0.2) is 11.5 Å². The number of nitrogens with one attached hydrogen (secondary N) is 1. The number of hydrogen-bond donors (Lipinski definition) is 1. The van der Waals surface area contributed by atoms with E-state index in [1.165, 1.54) is 5.69 Å². The van der Waals surface area contributed by atoms with Crippen LogP contribution in [0.4, 0.5) is 11.5 Å². The zero-order valence-electron chi connectivity index (χ0n) is 14.7. The molecule has 0 saturated carbocycles. The number of rotatable bonds is 6. The third-order valence-electron chi connectivity index (χ3n) is 4.42. The van der Waals surface area contributed by atoms with Crippen LogP contribution in [0.1, 0.15) is 30.3 Å². The van der Waals surface area contributed by atoms with E-state index >= 15 is 0 Å². The van der Waals surface area contributed by atoms with Crippen LogP contribution >= 0.6 is 0 Å². The number of nitrogens with zero attached hydrogens (tertiary/aromatic N) is 4. The lowest BCUT2D eigenvalue weighted by molar-refractivity contribution is 0.0947. The zero-order valence-corrected chi connectivity index (χ0v) is 14.7. The van der Waals surface area contributed by atoms with Gasteiger partial charge in [0.25, 0.3) is 5.91 Å². The first-order valence-corrected chi connectivity index (χ1v) is 8.95. The maximum Gasteiger partial charge on any atom is 0.271 e. The Morgan fingerprint density at radius 2 is 1.72 bits per heavy atom. The van der Waals surface area contributed by atoms with E-state index in [4.69, 9.17) is 0 Å². The predicted molar refractivity (Wildman–Crippen MR) is 100 cm³/mol. The first-order chi connectivity index (χ1) is 12.3. The molecule has 2 aromatic rings. The van der Waals surface area contributed by atoms with E-state index in [9.17, 15) is 4.79 Å².